The summed E-state index contributed by atoms with van der Waals surface area (Å²) in [4.78, 5) is 0. The molecule has 0 saturated carbocycles. The molecule has 0 unspecified atom stereocenters. The number of nitrogens with zero attached hydrogens (tertiary/aromatic N) is 2. The molecule has 0 spiro atoms. The molecule has 2 rings (SSSR count). The third-order valence-electron chi connectivity index (χ3n) is 6.14. The Balaban J connectivity index is 2.13. The third-order valence-corrected chi connectivity index (χ3v) is 13.6. The first-order valence-corrected chi connectivity index (χ1v) is 12.5. The Morgan fingerprint density at radius 1 is 0.591 bits per heavy atom. The van der Waals surface area contributed by atoms with Gasteiger partial charge >= 0.3 is 0 Å². The summed E-state index contributed by atoms with van der Waals surface area (Å²) in [6.45, 7) is 9.65. The minimum Gasteiger partial charge on any atom is -0.219 e. The Morgan fingerprint density at radius 3 is 1.00 bits per heavy atom. The van der Waals surface area contributed by atoms with E-state index in [1.165, 1.54) is 51.4 Å². The van der Waals surface area contributed by atoms with Crippen molar-refractivity contribution in [1.29, 1.82) is 0 Å². The molecule has 2 nitrogen and oxygen atoms in total. The molecule has 0 aliphatic carbocycles. The molecule has 0 amide bonds. The lowest BCUT2D eigenvalue weighted by atomic mass is 10.1. The van der Waals surface area contributed by atoms with Crippen LogP contribution in [-0.4, -0.2) is 46.3 Å². The van der Waals surface area contributed by atoms with Crippen molar-refractivity contribution in [3.8, 4) is 0 Å². The molecule has 130 valence electrons. The highest BCUT2D eigenvalue weighted by molar-refractivity contribution is 7.60. The van der Waals surface area contributed by atoms with Crippen molar-refractivity contribution in [3.63, 3.8) is 0 Å². The molecule has 0 bridgehead atoms. The summed E-state index contributed by atoms with van der Waals surface area (Å²) < 4.78 is 5.54. The van der Waals surface area contributed by atoms with Gasteiger partial charge in [-0.3, -0.25) is 0 Å². The summed E-state index contributed by atoms with van der Waals surface area (Å²) in [5.41, 5.74) is 3.91. The molecule has 0 aromatic carbocycles. The predicted molar refractivity (Wildman–Crippen MR) is 104 cm³/mol. The van der Waals surface area contributed by atoms with Gasteiger partial charge in [-0.2, -0.15) is 0 Å². The number of hydrazine groups is 1. The molecule has 2 fully saturated rings. The Morgan fingerprint density at radius 2 is 0.818 bits per heavy atom. The molecule has 4 atom stereocenters. The minimum absolute atomic E-state index is 0.0384. The Labute approximate surface area is 142 Å². The second kappa shape index (κ2) is 8.75. The first-order chi connectivity index (χ1) is 10.6. The molecule has 2 heterocycles. The van der Waals surface area contributed by atoms with E-state index in [0.717, 1.165) is 22.6 Å². The highest BCUT2D eigenvalue weighted by Gasteiger charge is 2.43. The molecule has 4 heteroatoms. The first-order valence-electron chi connectivity index (χ1n) is 9.62. The lowest BCUT2D eigenvalue weighted by Gasteiger charge is -2.45. The maximum atomic E-state index is 2.77. The monoisotopic (exact) mass is 344 g/mol. The van der Waals surface area contributed by atoms with E-state index in [4.69, 9.17) is 0 Å². The molecule has 2 aliphatic heterocycles. The van der Waals surface area contributed by atoms with E-state index in [-0.39, 0.29) is 16.1 Å². The lowest BCUT2D eigenvalue weighted by molar-refractivity contribution is 0.255. The van der Waals surface area contributed by atoms with E-state index in [0.29, 0.717) is 0 Å². The lowest BCUT2D eigenvalue weighted by Crippen LogP contribution is -2.35. The summed E-state index contributed by atoms with van der Waals surface area (Å²) >= 11 is 0. The standard InChI is InChI=1S/C18H38N2P2/c1-7-15-11-12-16(8-2)21(15)19(5)20(6)22-17(9-3)13-14-18(22)10-4/h15-18H,7-14H2,1-6H3/t15-,16-,17-,18-/m1/s1. The van der Waals surface area contributed by atoms with Crippen LogP contribution in [0.3, 0.4) is 0 Å². The summed E-state index contributed by atoms with van der Waals surface area (Å²) in [5, 5.41) is 0. The van der Waals surface area contributed by atoms with Crippen LogP contribution in [0.25, 0.3) is 0 Å². The highest BCUT2D eigenvalue weighted by Crippen LogP contribution is 2.66. The first kappa shape index (κ1) is 19.1. The topological polar surface area (TPSA) is 6.48 Å². The van der Waals surface area contributed by atoms with Crippen LogP contribution in [0, 0.1) is 0 Å². The fourth-order valence-electron chi connectivity index (χ4n) is 4.70. The van der Waals surface area contributed by atoms with E-state index in [1.54, 1.807) is 0 Å². The van der Waals surface area contributed by atoms with Crippen LogP contribution in [0.2, 0.25) is 0 Å². The normalized spacial score (nSPS) is 34.4. The average molecular weight is 344 g/mol. The zero-order chi connectivity index (χ0) is 16.3. The van der Waals surface area contributed by atoms with Crippen LogP contribution in [0.5, 0.6) is 0 Å². The quantitative estimate of drug-likeness (QED) is 0.397. The molecule has 0 aromatic rings. The molecule has 2 aliphatic rings. The smallest absolute Gasteiger partial charge is 0.00628 e. The van der Waals surface area contributed by atoms with Gasteiger partial charge in [-0.15, -0.1) is 0 Å². The van der Waals surface area contributed by atoms with Crippen molar-refractivity contribution in [1.82, 2.24) is 9.56 Å². The summed E-state index contributed by atoms with van der Waals surface area (Å²) in [5.74, 6) is 0. The summed E-state index contributed by atoms with van der Waals surface area (Å²) in [7, 11) is 4.94. The fraction of sp³-hybridized carbons (Fsp3) is 1.00. The van der Waals surface area contributed by atoms with Gasteiger partial charge in [0.15, 0.2) is 0 Å². The van der Waals surface area contributed by atoms with Gasteiger partial charge in [0.05, 0.1) is 0 Å². The second-order valence-corrected chi connectivity index (χ2v) is 12.7. The van der Waals surface area contributed by atoms with Crippen LogP contribution >= 0.6 is 16.1 Å². The minimum atomic E-state index is 0.0384. The predicted octanol–water partition coefficient (Wildman–Crippen LogP) is 6.26. The van der Waals surface area contributed by atoms with Gasteiger partial charge in [-0.25, -0.2) is 9.56 Å². The fourth-order valence-corrected chi connectivity index (χ4v) is 12.1. The highest BCUT2D eigenvalue weighted by atomic mass is 31.1. The van der Waals surface area contributed by atoms with Crippen molar-refractivity contribution in [2.75, 3.05) is 14.1 Å². The number of hydrogen-bond acceptors (Lipinski definition) is 2. The van der Waals surface area contributed by atoms with Crippen molar-refractivity contribution in [2.24, 2.45) is 0 Å². The maximum Gasteiger partial charge on any atom is 0.00628 e. The Hall–Kier alpha value is 0.780. The van der Waals surface area contributed by atoms with Gasteiger partial charge in [0.25, 0.3) is 0 Å². The van der Waals surface area contributed by atoms with Crippen LogP contribution in [0.15, 0.2) is 0 Å². The average Bonchev–Trinajstić information content (AvgIpc) is 3.15. The van der Waals surface area contributed by atoms with Crippen LogP contribution in [-0.2, 0) is 0 Å². The molecular weight excluding hydrogens is 306 g/mol. The molecule has 2 saturated heterocycles. The SMILES string of the molecule is CC[C@@H]1CC[C@@H](CC)P1N(C)N(C)P1[C@H](CC)CC[C@H]1CC. The van der Waals surface area contributed by atoms with Crippen molar-refractivity contribution < 1.29 is 0 Å². The van der Waals surface area contributed by atoms with Gasteiger partial charge in [0, 0.05) is 14.1 Å². The Kier molecular flexibility index (Phi) is 7.60. The third kappa shape index (κ3) is 3.72. The van der Waals surface area contributed by atoms with Crippen LogP contribution in [0.1, 0.15) is 79.1 Å². The van der Waals surface area contributed by atoms with Gasteiger partial charge in [0.2, 0.25) is 0 Å². The zero-order valence-corrected chi connectivity index (χ0v) is 17.5. The van der Waals surface area contributed by atoms with E-state index in [1.807, 2.05) is 0 Å². The molecular formula is C18H38N2P2. The number of hydrogen-bond donors (Lipinski definition) is 0. The summed E-state index contributed by atoms with van der Waals surface area (Å²) in [6.07, 6.45) is 11.4. The zero-order valence-electron chi connectivity index (χ0n) is 15.8. The summed E-state index contributed by atoms with van der Waals surface area (Å²) in [6, 6.07) is 0. The van der Waals surface area contributed by atoms with Crippen molar-refractivity contribution >= 4 is 16.1 Å². The Bertz CT molecular complexity index is 283. The largest absolute Gasteiger partial charge is 0.219 e. The second-order valence-electron chi connectivity index (χ2n) is 7.14. The molecule has 22 heavy (non-hydrogen) atoms. The van der Waals surface area contributed by atoms with Gasteiger partial charge < -0.3 is 0 Å². The van der Waals surface area contributed by atoms with Gasteiger partial charge in [-0.05, 0) is 90.1 Å². The van der Waals surface area contributed by atoms with Crippen molar-refractivity contribution in [2.45, 2.75) is 102 Å². The van der Waals surface area contributed by atoms with Crippen LogP contribution in [0.4, 0.5) is 0 Å². The van der Waals surface area contributed by atoms with Crippen LogP contribution < -0.4 is 0 Å². The molecule has 0 radical (unpaired) electrons. The van der Waals surface area contributed by atoms with E-state index in [9.17, 15) is 0 Å². The van der Waals surface area contributed by atoms with Gasteiger partial charge in [0.1, 0.15) is 0 Å². The maximum absolute atomic E-state index is 2.77. The molecule has 0 N–H and O–H groups in total. The molecule has 0 aromatic heterocycles. The van der Waals surface area contributed by atoms with Gasteiger partial charge in [-0.1, -0.05) is 27.7 Å². The van der Waals surface area contributed by atoms with E-state index >= 15 is 0 Å². The number of rotatable bonds is 7. The van der Waals surface area contributed by atoms with E-state index in [2.05, 4.69) is 51.3 Å². The van der Waals surface area contributed by atoms with Crippen molar-refractivity contribution in [3.05, 3.63) is 0 Å². The van der Waals surface area contributed by atoms with E-state index < -0.39 is 0 Å².